The molecule has 1 aromatic carbocycles. The zero-order valence-corrected chi connectivity index (χ0v) is 13.8. The van der Waals surface area contributed by atoms with E-state index in [4.69, 9.17) is 4.74 Å². The van der Waals surface area contributed by atoms with Gasteiger partial charge in [0.2, 0.25) is 0 Å². The van der Waals surface area contributed by atoms with Crippen molar-refractivity contribution in [2.75, 3.05) is 13.2 Å². The average Bonchev–Trinajstić information content (AvgIpc) is 3.19. The number of carbonyl (C=O) groups is 1. The van der Waals surface area contributed by atoms with Crippen LogP contribution in [0.5, 0.6) is 5.75 Å². The molecule has 0 aliphatic rings. The summed E-state index contributed by atoms with van der Waals surface area (Å²) >= 11 is 0. The number of rotatable bonds is 6. The smallest absolute Gasteiger partial charge is 0.416 e. The third-order valence-corrected chi connectivity index (χ3v) is 3.47. The Morgan fingerprint density at radius 3 is 2.70 bits per heavy atom. The number of ether oxygens (including phenoxy) is 1. The third-order valence-electron chi connectivity index (χ3n) is 3.47. The summed E-state index contributed by atoms with van der Waals surface area (Å²) in [6, 6.07) is 7.66. The number of hydrogen-bond donors (Lipinski definition) is 1. The van der Waals surface area contributed by atoms with Gasteiger partial charge in [-0.15, -0.1) is 10.2 Å². The van der Waals surface area contributed by atoms with Crippen LogP contribution in [0.1, 0.15) is 16.1 Å². The number of nitrogens with zero attached hydrogens (tertiary/aromatic N) is 4. The monoisotopic (exact) mass is 377 g/mol. The molecule has 0 saturated carbocycles. The van der Waals surface area contributed by atoms with Crippen molar-refractivity contribution in [3.05, 3.63) is 66.4 Å². The molecule has 2 heterocycles. The normalized spacial score (nSPS) is 11.2. The highest BCUT2D eigenvalue weighted by molar-refractivity contribution is 5.92. The van der Waals surface area contributed by atoms with E-state index in [1.165, 1.54) is 18.2 Å². The molecule has 0 fully saturated rings. The first kappa shape index (κ1) is 18.4. The molecule has 27 heavy (non-hydrogen) atoms. The summed E-state index contributed by atoms with van der Waals surface area (Å²) in [6.07, 6.45) is 0.394. The Hall–Kier alpha value is -3.43. The Labute approximate surface area is 151 Å². The first-order valence-electron chi connectivity index (χ1n) is 7.84. The second-order valence-electron chi connectivity index (χ2n) is 5.38. The lowest BCUT2D eigenvalue weighted by Gasteiger charge is -2.10. The van der Waals surface area contributed by atoms with Gasteiger partial charge in [0.15, 0.2) is 11.5 Å². The molecule has 0 aliphatic carbocycles. The van der Waals surface area contributed by atoms with Crippen molar-refractivity contribution in [2.45, 2.75) is 6.18 Å². The summed E-state index contributed by atoms with van der Waals surface area (Å²) in [5, 5.41) is 10.3. The molecule has 0 aliphatic heterocycles. The molecule has 2 aromatic heterocycles. The van der Waals surface area contributed by atoms with Crippen molar-refractivity contribution in [3.63, 3.8) is 0 Å². The lowest BCUT2D eigenvalue weighted by Crippen LogP contribution is -2.29. The number of amides is 1. The second-order valence-corrected chi connectivity index (χ2v) is 5.38. The molecular formula is C17H14F3N5O2. The number of carbonyl (C=O) groups excluding carboxylic acids is 1. The van der Waals surface area contributed by atoms with Crippen LogP contribution >= 0.6 is 0 Å². The zero-order valence-electron chi connectivity index (χ0n) is 13.8. The molecule has 7 nitrogen and oxygen atoms in total. The predicted molar refractivity (Wildman–Crippen MR) is 88.4 cm³/mol. The van der Waals surface area contributed by atoms with Crippen LogP contribution in [-0.2, 0) is 6.18 Å². The van der Waals surface area contributed by atoms with E-state index >= 15 is 0 Å². The molecule has 0 unspecified atom stereocenters. The van der Waals surface area contributed by atoms with Crippen LogP contribution in [0.3, 0.4) is 0 Å². The molecule has 0 atom stereocenters. The van der Waals surface area contributed by atoms with Crippen molar-refractivity contribution in [1.29, 1.82) is 0 Å². The van der Waals surface area contributed by atoms with Crippen LogP contribution in [0.2, 0.25) is 0 Å². The quantitative estimate of drug-likeness (QED) is 0.668. The van der Waals surface area contributed by atoms with Gasteiger partial charge in [0.25, 0.3) is 5.91 Å². The molecule has 0 spiro atoms. The molecule has 0 bridgehead atoms. The van der Waals surface area contributed by atoms with Gasteiger partial charge in [-0.1, -0.05) is 6.07 Å². The summed E-state index contributed by atoms with van der Waals surface area (Å²) in [6.45, 7) is 0.105. The second kappa shape index (κ2) is 7.85. The number of halogens is 3. The molecule has 3 rings (SSSR count). The molecule has 1 amide bonds. The number of hydrogen-bond acceptors (Lipinski definition) is 5. The zero-order chi connectivity index (χ0) is 19.3. The van der Waals surface area contributed by atoms with Crippen LogP contribution in [0.4, 0.5) is 13.2 Å². The van der Waals surface area contributed by atoms with Gasteiger partial charge in [0.05, 0.1) is 12.1 Å². The molecule has 0 radical (unpaired) electrons. The van der Waals surface area contributed by atoms with E-state index in [2.05, 4.69) is 20.5 Å². The maximum Gasteiger partial charge on any atom is 0.416 e. The lowest BCUT2D eigenvalue weighted by atomic mass is 10.2. The van der Waals surface area contributed by atoms with Gasteiger partial charge < -0.3 is 10.1 Å². The first-order valence-corrected chi connectivity index (χ1v) is 7.84. The maximum atomic E-state index is 12.6. The van der Waals surface area contributed by atoms with E-state index in [9.17, 15) is 18.0 Å². The van der Waals surface area contributed by atoms with E-state index in [1.807, 2.05) is 0 Å². The Bertz CT molecular complexity index is 896. The molecule has 1 N–H and O–H groups in total. The number of alkyl halides is 3. The van der Waals surface area contributed by atoms with Gasteiger partial charge in [-0.25, -0.2) is 4.98 Å². The lowest BCUT2D eigenvalue weighted by molar-refractivity contribution is -0.137. The van der Waals surface area contributed by atoms with E-state index < -0.39 is 17.6 Å². The number of imidazole rings is 1. The summed E-state index contributed by atoms with van der Waals surface area (Å²) < 4.78 is 44.8. The van der Waals surface area contributed by atoms with Crippen LogP contribution in [0.15, 0.2) is 55.1 Å². The summed E-state index contributed by atoms with van der Waals surface area (Å²) in [5.74, 6) is 0.118. The van der Waals surface area contributed by atoms with Crippen molar-refractivity contribution < 1.29 is 22.7 Å². The Morgan fingerprint density at radius 1 is 1.19 bits per heavy atom. The fourth-order valence-corrected chi connectivity index (χ4v) is 2.16. The predicted octanol–water partition coefficient (Wildman–Crippen LogP) is 2.49. The Balaban J connectivity index is 1.48. The van der Waals surface area contributed by atoms with Crippen molar-refractivity contribution in [2.24, 2.45) is 0 Å². The van der Waals surface area contributed by atoms with Crippen molar-refractivity contribution >= 4 is 5.91 Å². The largest absolute Gasteiger partial charge is 0.492 e. The van der Waals surface area contributed by atoms with E-state index in [0.29, 0.717) is 5.82 Å². The van der Waals surface area contributed by atoms with Crippen LogP contribution in [-0.4, -0.2) is 38.8 Å². The Morgan fingerprint density at radius 2 is 2.04 bits per heavy atom. The van der Waals surface area contributed by atoms with Crippen molar-refractivity contribution in [3.8, 4) is 11.6 Å². The van der Waals surface area contributed by atoms with Crippen molar-refractivity contribution in [1.82, 2.24) is 25.1 Å². The first-order chi connectivity index (χ1) is 12.9. The minimum absolute atomic E-state index is 0.00754. The molecule has 3 aromatic rings. The van der Waals surface area contributed by atoms with Gasteiger partial charge in [-0.2, -0.15) is 13.2 Å². The van der Waals surface area contributed by atoms with Gasteiger partial charge >= 0.3 is 6.18 Å². The fraction of sp³-hybridized carbons (Fsp3) is 0.176. The van der Waals surface area contributed by atoms with E-state index in [-0.39, 0.29) is 24.6 Å². The highest BCUT2D eigenvalue weighted by atomic mass is 19.4. The topological polar surface area (TPSA) is 81.9 Å². The van der Waals surface area contributed by atoms with E-state index in [1.54, 1.807) is 29.4 Å². The van der Waals surface area contributed by atoms with E-state index in [0.717, 1.165) is 12.1 Å². The average molecular weight is 377 g/mol. The number of aromatic nitrogens is 4. The molecular weight excluding hydrogens is 363 g/mol. The number of benzene rings is 1. The SMILES string of the molecule is O=C(NCCOc1cccc(C(F)(F)F)c1)c1ccc(-n2ccnc2)nn1. The minimum atomic E-state index is -4.44. The Kier molecular flexibility index (Phi) is 5.34. The summed E-state index contributed by atoms with van der Waals surface area (Å²) in [5.41, 5.74) is -0.685. The minimum Gasteiger partial charge on any atom is -0.492 e. The van der Waals surface area contributed by atoms with Crippen LogP contribution in [0, 0.1) is 0 Å². The summed E-state index contributed by atoms with van der Waals surface area (Å²) in [4.78, 5) is 15.9. The maximum absolute atomic E-state index is 12.6. The fourth-order valence-electron chi connectivity index (χ4n) is 2.16. The molecule has 0 saturated heterocycles. The van der Waals surface area contributed by atoms with Gasteiger partial charge in [-0.05, 0) is 30.3 Å². The van der Waals surface area contributed by atoms with Gasteiger partial charge in [-0.3, -0.25) is 9.36 Å². The standard InChI is InChI=1S/C17H14F3N5O2/c18-17(19,20)12-2-1-3-13(10-12)27-9-7-22-16(26)14-4-5-15(24-23-14)25-8-6-21-11-25/h1-6,8,10-11H,7,9H2,(H,22,26). The highest BCUT2D eigenvalue weighted by Crippen LogP contribution is 2.31. The molecule has 10 heteroatoms. The molecule has 140 valence electrons. The van der Waals surface area contributed by atoms with Crippen LogP contribution < -0.4 is 10.1 Å². The van der Waals surface area contributed by atoms with Gasteiger partial charge in [0, 0.05) is 12.4 Å². The van der Waals surface area contributed by atoms with Crippen LogP contribution in [0.25, 0.3) is 5.82 Å². The number of nitrogens with one attached hydrogen (secondary N) is 1. The highest BCUT2D eigenvalue weighted by Gasteiger charge is 2.30. The third kappa shape index (κ3) is 4.81. The summed E-state index contributed by atoms with van der Waals surface area (Å²) in [7, 11) is 0. The van der Waals surface area contributed by atoms with Gasteiger partial charge in [0.1, 0.15) is 18.7 Å².